The summed E-state index contributed by atoms with van der Waals surface area (Å²) in [5.41, 5.74) is 3.88. The Morgan fingerprint density at radius 1 is 0.946 bits per heavy atom. The average Bonchev–Trinajstić information content (AvgIpc) is 2.92. The van der Waals surface area contributed by atoms with Crippen LogP contribution in [0.2, 0.25) is 0 Å². The van der Waals surface area contributed by atoms with Crippen molar-refractivity contribution in [3.05, 3.63) is 95.6 Å². The molecule has 2 saturated heterocycles. The first-order valence-electron chi connectivity index (χ1n) is 12.9. The van der Waals surface area contributed by atoms with Gasteiger partial charge in [0, 0.05) is 47.9 Å². The Morgan fingerprint density at radius 2 is 1.62 bits per heavy atom. The number of carbonyl (C=O) groups excluding carboxylic acids is 1. The van der Waals surface area contributed by atoms with E-state index in [0.717, 1.165) is 48.5 Å². The minimum absolute atomic E-state index is 0.0656. The fraction of sp³-hybridized carbons (Fsp3) is 0.323. The van der Waals surface area contributed by atoms with Crippen molar-refractivity contribution in [1.82, 2.24) is 9.80 Å². The number of amides is 2. The Bertz CT molecular complexity index is 1250. The van der Waals surface area contributed by atoms with E-state index in [-0.39, 0.29) is 30.6 Å². The van der Waals surface area contributed by atoms with Gasteiger partial charge in [-0.15, -0.1) is 0 Å². The molecule has 6 nitrogen and oxygen atoms in total. The number of hydrogen-bond donors (Lipinski definition) is 2. The first-order valence-corrected chi connectivity index (χ1v) is 12.9. The van der Waals surface area contributed by atoms with Gasteiger partial charge in [-0.05, 0) is 73.5 Å². The maximum Gasteiger partial charge on any atom is 0.321 e. The SMILES string of the molecule is COc1ccc(NC(=O)N2CCCCN3[C@H](C2)[C@@H](c2ccc(C#Cc4ccccc4)cc2)[C@@H]3CO)cc1. The van der Waals surface area contributed by atoms with Gasteiger partial charge in [-0.3, -0.25) is 4.90 Å². The van der Waals surface area contributed by atoms with Crippen LogP contribution in [0.25, 0.3) is 0 Å². The zero-order valence-electron chi connectivity index (χ0n) is 21.1. The summed E-state index contributed by atoms with van der Waals surface area (Å²) in [7, 11) is 1.62. The molecule has 2 fully saturated rings. The summed E-state index contributed by atoms with van der Waals surface area (Å²) in [6, 6.07) is 25.8. The quantitative estimate of drug-likeness (QED) is 0.521. The van der Waals surface area contributed by atoms with Crippen molar-refractivity contribution in [2.75, 3.05) is 38.7 Å². The van der Waals surface area contributed by atoms with Crippen molar-refractivity contribution in [3.63, 3.8) is 0 Å². The van der Waals surface area contributed by atoms with Gasteiger partial charge >= 0.3 is 6.03 Å². The summed E-state index contributed by atoms with van der Waals surface area (Å²) in [5.74, 6) is 7.36. The Kier molecular flexibility index (Phi) is 7.74. The van der Waals surface area contributed by atoms with E-state index in [9.17, 15) is 9.90 Å². The lowest BCUT2D eigenvalue weighted by Gasteiger charge is -2.57. The van der Waals surface area contributed by atoms with E-state index in [2.05, 4.69) is 46.3 Å². The van der Waals surface area contributed by atoms with Gasteiger partial charge in [-0.1, -0.05) is 42.2 Å². The number of rotatable bonds is 4. The maximum atomic E-state index is 13.2. The van der Waals surface area contributed by atoms with Crippen LogP contribution in [0.3, 0.4) is 0 Å². The van der Waals surface area contributed by atoms with Gasteiger partial charge in [0.05, 0.1) is 13.7 Å². The van der Waals surface area contributed by atoms with Crippen LogP contribution in [0, 0.1) is 11.8 Å². The lowest BCUT2D eigenvalue weighted by Crippen LogP contribution is -2.68. The number of nitrogens with one attached hydrogen (secondary N) is 1. The number of methoxy groups -OCH3 is 1. The number of urea groups is 1. The van der Waals surface area contributed by atoms with Crippen LogP contribution in [-0.4, -0.2) is 66.4 Å². The van der Waals surface area contributed by atoms with Crippen LogP contribution in [0.4, 0.5) is 10.5 Å². The van der Waals surface area contributed by atoms with Crippen LogP contribution >= 0.6 is 0 Å². The van der Waals surface area contributed by atoms with Gasteiger partial charge < -0.3 is 20.1 Å². The van der Waals surface area contributed by atoms with Gasteiger partial charge in [0.15, 0.2) is 0 Å². The number of anilines is 1. The van der Waals surface area contributed by atoms with Gasteiger partial charge in [0.2, 0.25) is 0 Å². The molecule has 2 amide bonds. The predicted octanol–water partition coefficient (Wildman–Crippen LogP) is 4.55. The van der Waals surface area contributed by atoms with Crippen molar-refractivity contribution in [2.24, 2.45) is 0 Å². The fourth-order valence-electron chi connectivity index (χ4n) is 5.46. The summed E-state index contributed by atoms with van der Waals surface area (Å²) in [5, 5.41) is 13.3. The molecule has 3 aromatic rings. The molecule has 0 spiro atoms. The molecular weight excluding hydrogens is 462 g/mol. The molecule has 0 radical (unpaired) electrons. The maximum absolute atomic E-state index is 13.2. The summed E-state index contributed by atoms with van der Waals surface area (Å²) in [4.78, 5) is 17.5. The lowest BCUT2D eigenvalue weighted by atomic mass is 9.74. The van der Waals surface area contributed by atoms with Crippen LogP contribution in [0.1, 0.15) is 35.4 Å². The molecule has 0 unspecified atom stereocenters. The van der Waals surface area contributed by atoms with E-state index in [1.807, 2.05) is 59.5 Å². The minimum Gasteiger partial charge on any atom is -0.497 e. The molecule has 37 heavy (non-hydrogen) atoms. The van der Waals surface area contributed by atoms with Crippen molar-refractivity contribution >= 4 is 11.7 Å². The number of aliphatic hydroxyl groups excluding tert-OH is 1. The molecule has 2 N–H and O–H groups in total. The summed E-state index contributed by atoms with van der Waals surface area (Å²) < 4.78 is 5.21. The van der Waals surface area contributed by atoms with E-state index in [1.54, 1.807) is 7.11 Å². The van der Waals surface area contributed by atoms with Gasteiger partial charge in [0.25, 0.3) is 0 Å². The van der Waals surface area contributed by atoms with Crippen molar-refractivity contribution in [2.45, 2.75) is 30.8 Å². The Morgan fingerprint density at radius 3 is 2.30 bits per heavy atom. The third kappa shape index (κ3) is 5.64. The van der Waals surface area contributed by atoms with E-state index in [4.69, 9.17) is 4.74 Å². The number of ether oxygens (including phenoxy) is 1. The molecule has 2 aliphatic heterocycles. The Labute approximate surface area is 218 Å². The number of fused-ring (bicyclic) bond motifs is 1. The van der Waals surface area contributed by atoms with Crippen LogP contribution in [0.15, 0.2) is 78.9 Å². The number of aliphatic hydroxyl groups is 1. The third-order valence-electron chi connectivity index (χ3n) is 7.42. The molecule has 5 rings (SSSR count). The summed E-state index contributed by atoms with van der Waals surface area (Å²) in [6.45, 7) is 2.39. The molecule has 3 aromatic carbocycles. The van der Waals surface area contributed by atoms with E-state index >= 15 is 0 Å². The van der Waals surface area contributed by atoms with Crippen LogP contribution < -0.4 is 10.1 Å². The highest BCUT2D eigenvalue weighted by Crippen LogP contribution is 2.42. The summed E-state index contributed by atoms with van der Waals surface area (Å²) >= 11 is 0. The van der Waals surface area contributed by atoms with Gasteiger partial charge in [-0.25, -0.2) is 4.79 Å². The molecule has 0 bridgehead atoms. The third-order valence-corrected chi connectivity index (χ3v) is 7.42. The largest absolute Gasteiger partial charge is 0.497 e. The molecule has 6 heteroatoms. The van der Waals surface area contributed by atoms with E-state index < -0.39 is 0 Å². The van der Waals surface area contributed by atoms with Crippen LogP contribution in [-0.2, 0) is 0 Å². The summed E-state index contributed by atoms with van der Waals surface area (Å²) in [6.07, 6.45) is 1.94. The predicted molar refractivity (Wildman–Crippen MR) is 146 cm³/mol. The highest BCUT2D eigenvalue weighted by atomic mass is 16.5. The molecule has 0 saturated carbocycles. The van der Waals surface area contributed by atoms with E-state index in [0.29, 0.717) is 6.54 Å². The second-order valence-electron chi connectivity index (χ2n) is 9.63. The van der Waals surface area contributed by atoms with Crippen molar-refractivity contribution in [3.8, 4) is 17.6 Å². The molecular formula is C31H33N3O3. The van der Waals surface area contributed by atoms with Gasteiger partial charge in [-0.2, -0.15) is 0 Å². The molecule has 3 atom stereocenters. The monoisotopic (exact) mass is 495 g/mol. The standard InChI is InChI=1S/C31H33N3O3/c1-37-27-17-15-26(16-18-27)32-31(36)33-19-5-6-20-34-28(21-33)30(29(34)22-35)25-13-11-24(12-14-25)10-9-23-7-3-2-4-8-23/h2-4,7-8,11-18,28-30,35H,5-6,19-22H2,1H3,(H,32,36)/t28-,29+,30-/m1/s1. The van der Waals surface area contributed by atoms with Crippen LogP contribution in [0.5, 0.6) is 5.75 Å². The molecule has 0 aliphatic carbocycles. The molecule has 2 aliphatic rings. The molecule has 190 valence electrons. The first-order chi connectivity index (χ1) is 18.2. The number of benzene rings is 3. The second kappa shape index (κ2) is 11.5. The van der Waals surface area contributed by atoms with E-state index in [1.165, 1.54) is 5.56 Å². The van der Waals surface area contributed by atoms with Crippen molar-refractivity contribution in [1.29, 1.82) is 0 Å². The number of hydrogen-bond acceptors (Lipinski definition) is 4. The highest BCUT2D eigenvalue weighted by Gasteiger charge is 2.49. The highest BCUT2D eigenvalue weighted by molar-refractivity contribution is 5.89. The minimum atomic E-state index is -0.0928. The van der Waals surface area contributed by atoms with Gasteiger partial charge in [0.1, 0.15) is 5.75 Å². The zero-order chi connectivity index (χ0) is 25.6. The second-order valence-corrected chi connectivity index (χ2v) is 9.63. The van der Waals surface area contributed by atoms with Crippen molar-refractivity contribution < 1.29 is 14.6 Å². The first kappa shape index (κ1) is 24.9. The lowest BCUT2D eigenvalue weighted by molar-refractivity contribution is -0.0585. The number of nitrogens with zero attached hydrogens (tertiary/aromatic N) is 2. The Hall–Kier alpha value is -3.79. The fourth-order valence-corrected chi connectivity index (χ4v) is 5.46. The average molecular weight is 496 g/mol. The zero-order valence-corrected chi connectivity index (χ0v) is 21.1. The topological polar surface area (TPSA) is 65.0 Å². The molecule has 0 aromatic heterocycles. The Balaban J connectivity index is 1.30. The smallest absolute Gasteiger partial charge is 0.321 e. The molecule has 2 heterocycles. The number of carbonyl (C=O) groups is 1. The normalized spacial score (nSPS) is 21.4.